The number of anilines is 1. The van der Waals surface area contributed by atoms with Crippen LogP contribution in [0, 0.1) is 12.3 Å². The highest BCUT2D eigenvalue weighted by molar-refractivity contribution is 6.32. The van der Waals surface area contributed by atoms with E-state index >= 15 is 0 Å². The number of fused-ring (bicyclic) bond motifs is 1. The molecule has 1 amide bonds. The van der Waals surface area contributed by atoms with Crippen LogP contribution in [0.5, 0.6) is 0 Å². The van der Waals surface area contributed by atoms with Crippen molar-refractivity contribution in [2.75, 3.05) is 37.6 Å². The number of likely N-dealkylation sites (tertiary alicyclic amines) is 1. The van der Waals surface area contributed by atoms with Gasteiger partial charge in [-0.1, -0.05) is 44.7 Å². The number of hydrogen-bond acceptors (Lipinski definition) is 6. The Morgan fingerprint density at radius 2 is 1.78 bits per heavy atom. The van der Waals surface area contributed by atoms with Gasteiger partial charge in [-0.2, -0.15) is 0 Å². The lowest BCUT2D eigenvalue weighted by molar-refractivity contribution is -0.131. The number of carbonyl (C=O) groups excluding carboxylic acids is 1. The van der Waals surface area contributed by atoms with Gasteiger partial charge in [-0.3, -0.25) is 19.1 Å². The lowest BCUT2D eigenvalue weighted by atomic mass is 9.83. The molecule has 0 spiro atoms. The molecule has 3 aromatic rings. The smallest absolute Gasteiger partial charge is 0.335 e. The van der Waals surface area contributed by atoms with Gasteiger partial charge in [-0.15, -0.1) is 6.42 Å². The number of nitrogens with zero attached hydrogens (tertiary/aromatic N) is 5. The van der Waals surface area contributed by atoms with Gasteiger partial charge in [0, 0.05) is 30.3 Å². The van der Waals surface area contributed by atoms with Crippen molar-refractivity contribution in [3.8, 4) is 12.3 Å². The first-order chi connectivity index (χ1) is 21.4. The molecule has 9 nitrogen and oxygen atoms in total. The summed E-state index contributed by atoms with van der Waals surface area (Å²) in [6, 6.07) is 8.66. The zero-order valence-corrected chi connectivity index (χ0v) is 27.8. The molecule has 2 heterocycles. The summed E-state index contributed by atoms with van der Waals surface area (Å²) in [5.74, 6) is 2.13. The average molecular weight is 634 g/mol. The second-order valence-corrected chi connectivity index (χ2v) is 13.0. The molecule has 0 atom stereocenters. The number of terminal acetylenes is 1. The molecule has 1 aromatic heterocycles. The fraction of sp³-hybridized carbons (Fsp3) is 0.486. The second kappa shape index (κ2) is 14.5. The Bertz CT molecular complexity index is 1660. The minimum atomic E-state index is -0.990. The van der Waals surface area contributed by atoms with Crippen molar-refractivity contribution in [3.63, 3.8) is 0 Å². The average Bonchev–Trinajstić information content (AvgIpc) is 3.00. The van der Waals surface area contributed by atoms with Gasteiger partial charge >= 0.3 is 5.97 Å². The number of rotatable bonds is 11. The third-order valence-corrected chi connectivity index (χ3v) is 8.83. The molecule has 0 aliphatic carbocycles. The minimum absolute atomic E-state index is 0.0840. The van der Waals surface area contributed by atoms with Crippen LogP contribution in [0.3, 0.4) is 0 Å². The number of halogens is 1. The lowest BCUT2D eigenvalue weighted by Crippen LogP contribution is -2.39. The zero-order valence-electron chi connectivity index (χ0n) is 27.0. The number of carbonyl (C=O) groups is 2. The summed E-state index contributed by atoms with van der Waals surface area (Å²) in [6.45, 7) is 13.6. The van der Waals surface area contributed by atoms with Gasteiger partial charge in [0.05, 0.1) is 29.6 Å². The Balaban J connectivity index is 1.79. The molecule has 10 heteroatoms. The Morgan fingerprint density at radius 1 is 1.09 bits per heavy atom. The Kier molecular flexibility index (Phi) is 10.9. The molecule has 240 valence electrons. The normalized spacial score (nSPS) is 13.9. The molecule has 1 N–H and O–H groups in total. The standard InChI is InChI=1S/C35H44ClN5O4/c1-7-15-40(25-13-14-26(34(44)45)28(19-25)35(4,5)6)21-24-18-27-30(20-29(24)36)37-31(22-38-16-11-10-12-17-38)41(33(27)43)23-32(42)39(8-2)9-3/h1,13-14,18-20H,8-12,15-17,21-23H2,2-6H3,(H,44,45). The maximum atomic E-state index is 14.1. The number of benzene rings is 2. The number of carboxylic acid groups (broad SMARTS) is 1. The first-order valence-corrected chi connectivity index (χ1v) is 16.0. The molecule has 0 unspecified atom stereocenters. The first kappa shape index (κ1) is 34.0. The summed E-state index contributed by atoms with van der Waals surface area (Å²) < 4.78 is 1.52. The molecule has 0 saturated carbocycles. The Labute approximate surface area is 270 Å². The molecular formula is C35H44ClN5O4. The minimum Gasteiger partial charge on any atom is -0.478 e. The van der Waals surface area contributed by atoms with Gasteiger partial charge in [0.1, 0.15) is 12.4 Å². The van der Waals surface area contributed by atoms with Crippen molar-refractivity contribution < 1.29 is 14.7 Å². The van der Waals surface area contributed by atoms with Crippen molar-refractivity contribution in [2.45, 2.75) is 78.9 Å². The van der Waals surface area contributed by atoms with Gasteiger partial charge in [0.2, 0.25) is 5.91 Å². The molecule has 1 fully saturated rings. The van der Waals surface area contributed by atoms with Crippen LogP contribution in [0.15, 0.2) is 35.1 Å². The van der Waals surface area contributed by atoms with Crippen molar-refractivity contribution in [3.05, 3.63) is 68.2 Å². The van der Waals surface area contributed by atoms with Crippen LogP contribution in [0.25, 0.3) is 10.9 Å². The Hall–Kier alpha value is -3.87. The van der Waals surface area contributed by atoms with Gasteiger partial charge in [0.25, 0.3) is 5.56 Å². The van der Waals surface area contributed by atoms with Crippen LogP contribution in [0.4, 0.5) is 5.69 Å². The number of carboxylic acids is 1. The van der Waals surface area contributed by atoms with E-state index in [4.69, 9.17) is 23.0 Å². The SMILES string of the molecule is C#CCN(Cc1cc2c(=O)n(CC(=O)N(CC)CC)c(CN3CCCCC3)nc2cc1Cl)c1ccc(C(=O)O)c(C(C)(C)C)c1. The van der Waals surface area contributed by atoms with E-state index < -0.39 is 11.4 Å². The summed E-state index contributed by atoms with van der Waals surface area (Å²) in [5.41, 5.74) is 2.12. The molecule has 1 saturated heterocycles. The zero-order chi connectivity index (χ0) is 32.9. The molecular weight excluding hydrogens is 590 g/mol. The van der Waals surface area contributed by atoms with Crippen molar-refractivity contribution in [2.24, 2.45) is 0 Å². The van der Waals surface area contributed by atoms with E-state index in [1.807, 2.05) is 45.6 Å². The monoisotopic (exact) mass is 633 g/mol. The van der Waals surface area contributed by atoms with Gasteiger partial charge in [-0.05, 0) is 86.7 Å². The third-order valence-electron chi connectivity index (χ3n) is 8.47. The van der Waals surface area contributed by atoms with E-state index in [1.165, 1.54) is 11.0 Å². The predicted octanol–water partition coefficient (Wildman–Crippen LogP) is 5.54. The highest BCUT2D eigenvalue weighted by atomic mass is 35.5. The fourth-order valence-corrected chi connectivity index (χ4v) is 6.18. The van der Waals surface area contributed by atoms with Gasteiger partial charge in [-0.25, -0.2) is 9.78 Å². The molecule has 45 heavy (non-hydrogen) atoms. The quantitative estimate of drug-likeness (QED) is 0.277. The van der Waals surface area contributed by atoms with Crippen molar-refractivity contribution >= 4 is 40.1 Å². The summed E-state index contributed by atoms with van der Waals surface area (Å²) in [4.78, 5) is 50.1. The number of piperidine rings is 1. The van der Waals surface area contributed by atoms with E-state index in [-0.39, 0.29) is 36.7 Å². The first-order valence-electron chi connectivity index (χ1n) is 15.7. The van der Waals surface area contributed by atoms with Crippen LogP contribution in [-0.4, -0.2) is 69.1 Å². The van der Waals surface area contributed by atoms with Gasteiger partial charge < -0.3 is 14.9 Å². The number of amides is 1. The summed E-state index contributed by atoms with van der Waals surface area (Å²) >= 11 is 6.83. The maximum absolute atomic E-state index is 14.1. The number of aromatic nitrogens is 2. The van der Waals surface area contributed by atoms with Crippen LogP contribution < -0.4 is 10.5 Å². The van der Waals surface area contributed by atoms with E-state index in [9.17, 15) is 19.5 Å². The number of likely N-dealkylation sites (N-methyl/N-ethyl adjacent to an activating group) is 1. The fourth-order valence-electron chi connectivity index (χ4n) is 5.96. The van der Waals surface area contributed by atoms with Crippen LogP contribution in [0.2, 0.25) is 5.02 Å². The van der Waals surface area contributed by atoms with E-state index in [0.717, 1.165) is 31.6 Å². The van der Waals surface area contributed by atoms with E-state index in [2.05, 4.69) is 10.8 Å². The highest BCUT2D eigenvalue weighted by Gasteiger charge is 2.24. The lowest BCUT2D eigenvalue weighted by Gasteiger charge is -2.28. The third kappa shape index (κ3) is 7.86. The Morgan fingerprint density at radius 3 is 2.38 bits per heavy atom. The predicted molar refractivity (Wildman–Crippen MR) is 180 cm³/mol. The topological polar surface area (TPSA) is 99.0 Å². The highest BCUT2D eigenvalue weighted by Crippen LogP contribution is 2.32. The number of hydrogen-bond donors (Lipinski definition) is 1. The van der Waals surface area contributed by atoms with E-state index in [0.29, 0.717) is 52.5 Å². The second-order valence-electron chi connectivity index (χ2n) is 12.6. The van der Waals surface area contributed by atoms with Crippen LogP contribution in [-0.2, 0) is 29.8 Å². The summed E-state index contributed by atoms with van der Waals surface area (Å²) in [7, 11) is 0. The molecule has 0 radical (unpaired) electrons. The molecule has 0 bridgehead atoms. The van der Waals surface area contributed by atoms with Crippen molar-refractivity contribution in [1.29, 1.82) is 0 Å². The van der Waals surface area contributed by atoms with Gasteiger partial charge in [0.15, 0.2) is 0 Å². The van der Waals surface area contributed by atoms with Crippen LogP contribution >= 0.6 is 11.6 Å². The van der Waals surface area contributed by atoms with Crippen LogP contribution in [0.1, 0.15) is 81.2 Å². The van der Waals surface area contributed by atoms with Crippen molar-refractivity contribution in [1.82, 2.24) is 19.4 Å². The largest absolute Gasteiger partial charge is 0.478 e. The molecule has 1 aliphatic heterocycles. The summed E-state index contributed by atoms with van der Waals surface area (Å²) in [5, 5.41) is 10.6. The van der Waals surface area contributed by atoms with E-state index in [1.54, 1.807) is 29.2 Å². The number of aromatic carboxylic acids is 1. The summed E-state index contributed by atoms with van der Waals surface area (Å²) in [6.07, 6.45) is 9.13. The molecule has 4 rings (SSSR count). The molecule has 1 aliphatic rings. The maximum Gasteiger partial charge on any atom is 0.335 e. The molecule has 2 aromatic carbocycles.